The Balaban J connectivity index is 2.14. The summed E-state index contributed by atoms with van der Waals surface area (Å²) in [5.41, 5.74) is 2.11. The first-order valence-corrected chi connectivity index (χ1v) is 9.63. The molecule has 1 aliphatic rings. The Morgan fingerprint density at radius 1 is 1.35 bits per heavy atom. The van der Waals surface area contributed by atoms with E-state index in [2.05, 4.69) is 20.8 Å². The highest BCUT2D eigenvalue weighted by atomic mass is 32.2. The molecular weight excluding hydrogens is 314 g/mol. The zero-order chi connectivity index (χ0) is 17.4. The number of esters is 1. The van der Waals surface area contributed by atoms with E-state index in [1.54, 1.807) is 18.2 Å². The Bertz CT molecular complexity index is 704. The van der Waals surface area contributed by atoms with E-state index in [-0.39, 0.29) is 17.4 Å². The molecule has 6 heteroatoms. The molecule has 2 rings (SSSR count). The summed E-state index contributed by atoms with van der Waals surface area (Å²) in [6.07, 6.45) is 2.60. The second-order valence-corrected chi connectivity index (χ2v) is 9.26. The summed E-state index contributed by atoms with van der Waals surface area (Å²) in [4.78, 5) is 12.1. The van der Waals surface area contributed by atoms with Crippen molar-refractivity contribution < 1.29 is 17.9 Å². The molecule has 1 unspecified atom stereocenters. The van der Waals surface area contributed by atoms with Crippen molar-refractivity contribution in [3.8, 4) is 0 Å². The van der Waals surface area contributed by atoms with Gasteiger partial charge in [-0.2, -0.15) is 0 Å². The highest BCUT2D eigenvalue weighted by Crippen LogP contribution is 2.34. The first-order valence-electron chi connectivity index (χ1n) is 7.78. The maximum Gasteiger partial charge on any atom is 0.338 e. The Hall–Kier alpha value is -1.56. The molecule has 23 heavy (non-hydrogen) atoms. The fourth-order valence-electron chi connectivity index (χ4n) is 2.77. The fraction of sp³-hybridized carbons (Fsp3) is 0.588. The number of anilines is 1. The molecule has 0 aromatic heterocycles. The molecule has 0 saturated heterocycles. The number of fused-ring (bicyclic) bond motifs is 1. The van der Waals surface area contributed by atoms with Crippen LogP contribution in [0.5, 0.6) is 0 Å². The van der Waals surface area contributed by atoms with Crippen molar-refractivity contribution in [3.05, 3.63) is 29.3 Å². The summed E-state index contributed by atoms with van der Waals surface area (Å²) in [5.74, 6) is -0.359. The number of benzene rings is 1. The number of hydrogen-bond acceptors (Lipinski definition) is 4. The Labute approximate surface area is 138 Å². The van der Waals surface area contributed by atoms with Gasteiger partial charge in [0, 0.05) is 6.04 Å². The molecule has 5 nitrogen and oxygen atoms in total. The van der Waals surface area contributed by atoms with Crippen molar-refractivity contribution in [3.63, 3.8) is 0 Å². The van der Waals surface area contributed by atoms with E-state index in [0.29, 0.717) is 24.3 Å². The molecule has 0 fully saturated rings. The maximum absolute atomic E-state index is 12.1. The van der Waals surface area contributed by atoms with E-state index in [1.165, 1.54) is 10.6 Å². The molecule has 0 saturated carbocycles. The normalized spacial score (nSPS) is 18.0. The molecule has 0 bridgehead atoms. The number of carbonyl (C=O) groups is 1. The minimum absolute atomic E-state index is 0.115. The van der Waals surface area contributed by atoms with E-state index in [0.717, 1.165) is 12.0 Å². The number of ether oxygens (including phenoxy) is 1. The lowest BCUT2D eigenvalue weighted by Crippen LogP contribution is -2.34. The lowest BCUT2D eigenvalue weighted by molar-refractivity contribution is 0.0465. The van der Waals surface area contributed by atoms with Gasteiger partial charge in [-0.15, -0.1) is 0 Å². The number of sulfonamides is 1. The summed E-state index contributed by atoms with van der Waals surface area (Å²) in [7, 11) is -3.31. The summed E-state index contributed by atoms with van der Waals surface area (Å²) in [6, 6.07) is 4.94. The van der Waals surface area contributed by atoms with E-state index >= 15 is 0 Å². The third kappa shape index (κ3) is 4.25. The van der Waals surface area contributed by atoms with Crippen LogP contribution >= 0.6 is 0 Å². The molecule has 0 aliphatic carbocycles. The van der Waals surface area contributed by atoms with Crippen LogP contribution in [0.3, 0.4) is 0 Å². The first kappa shape index (κ1) is 17.8. The van der Waals surface area contributed by atoms with Crippen LogP contribution in [-0.2, 0) is 21.2 Å². The maximum atomic E-state index is 12.1. The standard InChI is InChI=1S/C17H25NO4S/c1-12-10-14-11-13(16(19)22-9-8-17(2,3)4)6-7-15(14)18(12)23(5,20)21/h6-7,11-12H,8-10H2,1-5H3. The molecule has 128 valence electrons. The fourth-order valence-corrected chi connectivity index (χ4v) is 4.03. The number of rotatable bonds is 4. The monoisotopic (exact) mass is 339 g/mol. The molecule has 1 atom stereocenters. The van der Waals surface area contributed by atoms with Crippen LogP contribution in [0.4, 0.5) is 5.69 Å². The van der Waals surface area contributed by atoms with Gasteiger partial charge in [0.2, 0.25) is 10.0 Å². The molecule has 0 N–H and O–H groups in total. The second kappa shape index (κ2) is 6.15. The molecule has 0 spiro atoms. The number of hydrogen-bond donors (Lipinski definition) is 0. The summed E-state index contributed by atoms with van der Waals surface area (Å²) in [6.45, 7) is 8.53. The summed E-state index contributed by atoms with van der Waals surface area (Å²) >= 11 is 0. The predicted octanol–water partition coefficient (Wildman–Crippen LogP) is 2.99. The molecule has 0 radical (unpaired) electrons. The zero-order valence-corrected chi connectivity index (χ0v) is 15.2. The van der Waals surface area contributed by atoms with Crippen molar-refractivity contribution in [2.45, 2.75) is 46.6 Å². The van der Waals surface area contributed by atoms with Crippen LogP contribution in [0.1, 0.15) is 50.0 Å². The average Bonchev–Trinajstić information content (AvgIpc) is 2.71. The van der Waals surface area contributed by atoms with Gasteiger partial charge in [-0.05, 0) is 48.9 Å². The van der Waals surface area contributed by atoms with Crippen molar-refractivity contribution in [2.24, 2.45) is 5.41 Å². The molecule has 1 aliphatic heterocycles. The molecule has 1 aromatic rings. The van der Waals surface area contributed by atoms with Gasteiger partial charge in [-0.1, -0.05) is 20.8 Å². The molecular formula is C17H25NO4S. The van der Waals surface area contributed by atoms with Crippen LogP contribution in [0.25, 0.3) is 0 Å². The molecule has 0 amide bonds. The second-order valence-electron chi connectivity index (χ2n) is 7.40. The van der Waals surface area contributed by atoms with Crippen LogP contribution in [0.15, 0.2) is 18.2 Å². The highest BCUT2D eigenvalue weighted by molar-refractivity contribution is 7.92. The van der Waals surface area contributed by atoms with Gasteiger partial charge in [0.05, 0.1) is 24.1 Å². The number of carbonyl (C=O) groups excluding carboxylic acids is 1. The van der Waals surface area contributed by atoms with Crippen LogP contribution < -0.4 is 4.31 Å². The van der Waals surface area contributed by atoms with Gasteiger partial charge in [0.25, 0.3) is 0 Å². The Morgan fingerprint density at radius 2 is 2.00 bits per heavy atom. The third-order valence-electron chi connectivity index (χ3n) is 3.91. The van der Waals surface area contributed by atoms with E-state index in [1.807, 2.05) is 6.92 Å². The molecule has 1 heterocycles. The SMILES string of the molecule is CC1Cc2cc(C(=O)OCCC(C)(C)C)ccc2N1S(C)(=O)=O. The van der Waals surface area contributed by atoms with Gasteiger partial charge in [-0.25, -0.2) is 13.2 Å². The first-order chi connectivity index (χ1) is 10.5. The van der Waals surface area contributed by atoms with E-state index in [9.17, 15) is 13.2 Å². The largest absolute Gasteiger partial charge is 0.462 e. The number of nitrogens with zero attached hydrogens (tertiary/aromatic N) is 1. The van der Waals surface area contributed by atoms with Gasteiger partial charge in [0.1, 0.15) is 0 Å². The van der Waals surface area contributed by atoms with Crippen LogP contribution in [0, 0.1) is 5.41 Å². The van der Waals surface area contributed by atoms with Gasteiger partial charge in [0.15, 0.2) is 0 Å². The van der Waals surface area contributed by atoms with E-state index in [4.69, 9.17) is 4.74 Å². The minimum Gasteiger partial charge on any atom is -0.462 e. The van der Waals surface area contributed by atoms with Gasteiger partial charge in [-0.3, -0.25) is 4.31 Å². The van der Waals surface area contributed by atoms with Crippen LogP contribution in [-0.4, -0.2) is 33.3 Å². The van der Waals surface area contributed by atoms with Gasteiger partial charge >= 0.3 is 5.97 Å². The summed E-state index contributed by atoms with van der Waals surface area (Å²) in [5, 5.41) is 0. The van der Waals surface area contributed by atoms with Crippen LogP contribution in [0.2, 0.25) is 0 Å². The van der Waals surface area contributed by atoms with Crippen molar-refractivity contribution >= 4 is 21.7 Å². The van der Waals surface area contributed by atoms with Gasteiger partial charge < -0.3 is 4.74 Å². The quantitative estimate of drug-likeness (QED) is 0.791. The highest BCUT2D eigenvalue weighted by Gasteiger charge is 2.32. The van der Waals surface area contributed by atoms with Crippen molar-refractivity contribution in [2.75, 3.05) is 17.2 Å². The van der Waals surface area contributed by atoms with E-state index < -0.39 is 10.0 Å². The topological polar surface area (TPSA) is 63.7 Å². The minimum atomic E-state index is -3.31. The average molecular weight is 339 g/mol. The van der Waals surface area contributed by atoms with Crippen molar-refractivity contribution in [1.29, 1.82) is 0 Å². The lowest BCUT2D eigenvalue weighted by atomic mass is 9.93. The zero-order valence-electron chi connectivity index (χ0n) is 14.4. The predicted molar refractivity (Wildman–Crippen MR) is 91.3 cm³/mol. The third-order valence-corrected chi connectivity index (χ3v) is 5.18. The Morgan fingerprint density at radius 3 is 2.57 bits per heavy atom. The molecule has 1 aromatic carbocycles. The van der Waals surface area contributed by atoms with Crippen molar-refractivity contribution in [1.82, 2.24) is 0 Å². The smallest absolute Gasteiger partial charge is 0.338 e. The Kier molecular flexibility index (Phi) is 4.76. The summed E-state index contributed by atoms with van der Waals surface area (Å²) < 4.78 is 30.5. The lowest BCUT2D eigenvalue weighted by Gasteiger charge is -2.22.